The van der Waals surface area contributed by atoms with Gasteiger partial charge in [-0.2, -0.15) is 10.2 Å². The van der Waals surface area contributed by atoms with Crippen molar-refractivity contribution in [3.63, 3.8) is 0 Å². The van der Waals surface area contributed by atoms with Gasteiger partial charge < -0.3 is 20.3 Å². The number of azo groups is 1. The maximum Gasteiger partial charge on any atom is 0.119 e. The number of hydrogen-bond acceptors (Lipinski definition) is 6. The number of aliphatic hydroxyl groups is 2. The minimum absolute atomic E-state index is 0.178. The normalized spacial score (nSPS) is 13.8. The van der Waals surface area contributed by atoms with Crippen molar-refractivity contribution in [3.05, 3.63) is 54.6 Å². The number of hydrogen-bond donors (Lipinski definition) is 3. The molecule has 0 aromatic heterocycles. The Morgan fingerprint density at radius 2 is 1.54 bits per heavy atom. The molecule has 0 aliphatic heterocycles. The minimum Gasteiger partial charge on any atom is -0.491 e. The van der Waals surface area contributed by atoms with E-state index in [0.29, 0.717) is 18.8 Å². The Morgan fingerprint density at radius 1 is 0.917 bits per heavy atom. The number of rotatable bonds is 9. The maximum atomic E-state index is 9.79. The monoisotopic (exact) mass is 329 g/mol. The molecule has 0 bridgehead atoms. The molecule has 0 aliphatic rings. The fraction of sp³-hybridized carbons (Fsp3) is 0.333. The van der Waals surface area contributed by atoms with E-state index in [2.05, 4.69) is 15.5 Å². The van der Waals surface area contributed by atoms with Crippen LogP contribution < -0.4 is 10.1 Å². The van der Waals surface area contributed by atoms with Crippen LogP contribution in [-0.4, -0.2) is 42.1 Å². The second-order valence-electron chi connectivity index (χ2n) is 5.50. The van der Waals surface area contributed by atoms with Crippen molar-refractivity contribution in [2.24, 2.45) is 10.2 Å². The average Bonchev–Trinajstić information content (AvgIpc) is 2.59. The molecule has 0 amide bonds. The minimum atomic E-state index is -0.638. The molecule has 3 N–H and O–H groups in total. The lowest BCUT2D eigenvalue weighted by Gasteiger charge is -2.14. The number of nitrogens with one attached hydrogen (secondary N) is 1. The number of nitrogens with zero attached hydrogens (tertiary/aromatic N) is 2. The van der Waals surface area contributed by atoms with Crippen molar-refractivity contribution in [1.29, 1.82) is 0 Å². The van der Waals surface area contributed by atoms with Crippen molar-refractivity contribution < 1.29 is 14.9 Å². The van der Waals surface area contributed by atoms with Gasteiger partial charge in [-0.25, -0.2) is 0 Å². The van der Waals surface area contributed by atoms with Crippen LogP contribution in [0.2, 0.25) is 0 Å². The second kappa shape index (κ2) is 9.77. The Kier molecular flexibility index (Phi) is 7.35. The summed E-state index contributed by atoms with van der Waals surface area (Å²) in [4.78, 5) is 0. The molecular weight excluding hydrogens is 306 g/mol. The Bertz CT molecular complexity index is 615. The lowest BCUT2D eigenvalue weighted by Crippen LogP contribution is -2.35. The summed E-state index contributed by atoms with van der Waals surface area (Å²) in [6.07, 6.45) is -1.07. The van der Waals surface area contributed by atoms with E-state index in [0.717, 1.165) is 11.4 Å². The summed E-state index contributed by atoms with van der Waals surface area (Å²) in [6, 6.07) is 16.7. The first-order valence-corrected chi connectivity index (χ1v) is 7.90. The van der Waals surface area contributed by atoms with Crippen LogP contribution in [0.4, 0.5) is 11.4 Å². The highest BCUT2D eigenvalue weighted by Gasteiger charge is 2.05. The van der Waals surface area contributed by atoms with E-state index in [9.17, 15) is 5.11 Å². The molecule has 2 aromatic rings. The van der Waals surface area contributed by atoms with Crippen molar-refractivity contribution >= 4 is 11.4 Å². The summed E-state index contributed by atoms with van der Waals surface area (Å²) >= 11 is 0. The molecule has 0 radical (unpaired) electrons. The SMILES string of the molecule is CC(O)CNCC(O)COc1ccc(N=Nc2ccccc2)cc1. The van der Waals surface area contributed by atoms with Gasteiger partial charge in [-0.15, -0.1) is 0 Å². The van der Waals surface area contributed by atoms with Crippen molar-refractivity contribution in [2.75, 3.05) is 19.7 Å². The lowest BCUT2D eigenvalue weighted by molar-refractivity contribution is 0.101. The largest absolute Gasteiger partial charge is 0.491 e. The maximum absolute atomic E-state index is 9.79. The van der Waals surface area contributed by atoms with Gasteiger partial charge in [0.1, 0.15) is 18.5 Å². The van der Waals surface area contributed by atoms with Gasteiger partial charge in [-0.3, -0.25) is 0 Å². The molecule has 0 saturated heterocycles. The van der Waals surface area contributed by atoms with Gasteiger partial charge in [-0.1, -0.05) is 18.2 Å². The molecule has 2 unspecified atom stereocenters. The van der Waals surface area contributed by atoms with E-state index >= 15 is 0 Å². The molecule has 0 saturated carbocycles. The van der Waals surface area contributed by atoms with Gasteiger partial charge in [0.05, 0.1) is 17.5 Å². The van der Waals surface area contributed by atoms with Crippen LogP contribution in [0.5, 0.6) is 5.75 Å². The quantitative estimate of drug-likeness (QED) is 0.617. The van der Waals surface area contributed by atoms with Gasteiger partial charge in [0.2, 0.25) is 0 Å². The van der Waals surface area contributed by atoms with Crippen LogP contribution in [0.25, 0.3) is 0 Å². The highest BCUT2D eigenvalue weighted by Crippen LogP contribution is 2.21. The first-order valence-electron chi connectivity index (χ1n) is 7.90. The number of ether oxygens (including phenoxy) is 1. The molecule has 0 heterocycles. The number of benzene rings is 2. The van der Waals surface area contributed by atoms with E-state index < -0.39 is 12.2 Å². The van der Waals surface area contributed by atoms with Crippen LogP contribution in [-0.2, 0) is 0 Å². The standard InChI is InChI=1S/C18H23N3O3/c1-14(22)11-19-12-17(23)13-24-18-9-7-16(8-10-18)21-20-15-5-3-2-4-6-15/h2-10,14,17,19,22-23H,11-13H2,1H3. The topological polar surface area (TPSA) is 86.4 Å². The van der Waals surface area contributed by atoms with Crippen LogP contribution >= 0.6 is 0 Å². The average molecular weight is 329 g/mol. The highest BCUT2D eigenvalue weighted by molar-refractivity contribution is 5.42. The molecule has 0 aliphatic carbocycles. The fourth-order valence-corrected chi connectivity index (χ4v) is 1.93. The second-order valence-corrected chi connectivity index (χ2v) is 5.50. The van der Waals surface area contributed by atoms with E-state index in [-0.39, 0.29) is 6.61 Å². The zero-order chi connectivity index (χ0) is 17.2. The lowest BCUT2D eigenvalue weighted by atomic mass is 10.3. The third-order valence-electron chi connectivity index (χ3n) is 3.14. The smallest absolute Gasteiger partial charge is 0.119 e. The molecule has 24 heavy (non-hydrogen) atoms. The Hall–Kier alpha value is -2.28. The zero-order valence-electron chi connectivity index (χ0n) is 13.7. The van der Waals surface area contributed by atoms with Crippen molar-refractivity contribution in [3.8, 4) is 5.75 Å². The molecule has 0 fully saturated rings. The molecule has 2 atom stereocenters. The van der Waals surface area contributed by atoms with Gasteiger partial charge in [0, 0.05) is 13.1 Å². The molecule has 2 rings (SSSR count). The summed E-state index contributed by atoms with van der Waals surface area (Å²) in [7, 11) is 0. The van der Waals surface area contributed by atoms with Crippen molar-refractivity contribution in [1.82, 2.24) is 5.32 Å². The van der Waals surface area contributed by atoms with Gasteiger partial charge in [0.15, 0.2) is 0 Å². The first-order chi connectivity index (χ1) is 11.6. The van der Waals surface area contributed by atoms with Crippen LogP contribution in [0.1, 0.15) is 6.92 Å². The molecular formula is C18H23N3O3. The third-order valence-corrected chi connectivity index (χ3v) is 3.14. The Balaban J connectivity index is 1.76. The summed E-state index contributed by atoms with van der Waals surface area (Å²) in [5, 5.41) is 30.2. The molecule has 6 heteroatoms. The Labute approximate surface area is 141 Å². The van der Waals surface area contributed by atoms with Crippen molar-refractivity contribution in [2.45, 2.75) is 19.1 Å². The highest BCUT2D eigenvalue weighted by atomic mass is 16.5. The van der Waals surface area contributed by atoms with E-state index in [4.69, 9.17) is 9.84 Å². The van der Waals surface area contributed by atoms with E-state index in [1.807, 2.05) is 30.3 Å². The third kappa shape index (κ3) is 6.87. The van der Waals surface area contributed by atoms with Gasteiger partial charge >= 0.3 is 0 Å². The summed E-state index contributed by atoms with van der Waals surface area (Å²) < 4.78 is 5.52. The molecule has 0 spiro atoms. The van der Waals surface area contributed by atoms with E-state index in [1.54, 1.807) is 31.2 Å². The van der Waals surface area contributed by atoms with Gasteiger partial charge in [-0.05, 0) is 43.3 Å². The predicted molar refractivity (Wildman–Crippen MR) is 93.1 cm³/mol. The van der Waals surface area contributed by atoms with Gasteiger partial charge in [0.25, 0.3) is 0 Å². The van der Waals surface area contributed by atoms with E-state index in [1.165, 1.54) is 0 Å². The summed E-state index contributed by atoms with van der Waals surface area (Å²) in [5.41, 5.74) is 1.52. The first kappa shape index (κ1) is 18.1. The molecule has 6 nitrogen and oxygen atoms in total. The molecule has 2 aromatic carbocycles. The summed E-state index contributed by atoms with van der Waals surface area (Å²) in [5.74, 6) is 0.656. The fourth-order valence-electron chi connectivity index (χ4n) is 1.93. The summed E-state index contributed by atoms with van der Waals surface area (Å²) in [6.45, 7) is 2.68. The van der Waals surface area contributed by atoms with Crippen LogP contribution in [0, 0.1) is 0 Å². The van der Waals surface area contributed by atoms with Crippen LogP contribution in [0.15, 0.2) is 64.8 Å². The van der Waals surface area contributed by atoms with Crippen LogP contribution in [0.3, 0.4) is 0 Å². The zero-order valence-corrected chi connectivity index (χ0v) is 13.7. The predicted octanol–water partition coefficient (Wildman–Crippen LogP) is 2.81. The Morgan fingerprint density at radius 3 is 2.17 bits per heavy atom. The molecule has 128 valence electrons. The number of aliphatic hydroxyl groups excluding tert-OH is 2.